The predicted octanol–water partition coefficient (Wildman–Crippen LogP) is 3.49. The molecule has 0 unspecified atom stereocenters. The molecule has 0 saturated carbocycles. The first-order chi connectivity index (χ1) is 12.7. The highest BCUT2D eigenvalue weighted by Gasteiger charge is 2.36. The lowest BCUT2D eigenvalue weighted by molar-refractivity contribution is 0.0600. The molecule has 4 rings (SSSR count). The Hall–Kier alpha value is -3.02. The molecule has 6 heteroatoms. The van der Waals surface area contributed by atoms with Crippen molar-refractivity contribution in [2.24, 2.45) is 0 Å². The number of urea groups is 1. The Morgan fingerprint density at radius 2 is 1.92 bits per heavy atom. The molecule has 1 saturated heterocycles. The number of hydrogen-bond donors (Lipinski definition) is 1. The molecule has 0 aromatic heterocycles. The number of methoxy groups -OCH3 is 1. The molecule has 0 aliphatic carbocycles. The number of fused-ring (bicyclic) bond motifs is 3. The van der Waals surface area contributed by atoms with Crippen LogP contribution in [0.2, 0.25) is 0 Å². The molecule has 134 valence electrons. The van der Waals surface area contributed by atoms with Gasteiger partial charge in [-0.2, -0.15) is 0 Å². The minimum absolute atomic E-state index is 0.189. The van der Waals surface area contributed by atoms with E-state index in [2.05, 4.69) is 16.3 Å². The van der Waals surface area contributed by atoms with Crippen LogP contribution in [-0.2, 0) is 4.74 Å². The maximum Gasteiger partial charge on any atom is 0.337 e. The lowest BCUT2D eigenvalue weighted by atomic mass is 10.1. The fraction of sp³-hybridized carbons (Fsp3) is 0.300. The van der Waals surface area contributed by atoms with Crippen molar-refractivity contribution in [3.8, 4) is 0 Å². The van der Waals surface area contributed by atoms with E-state index < -0.39 is 5.97 Å². The van der Waals surface area contributed by atoms with Gasteiger partial charge in [0.2, 0.25) is 0 Å². The second kappa shape index (κ2) is 6.71. The SMILES string of the molecule is COC(=O)c1cccc(NC(=O)N2C[C@H]3CCCN3c3ccccc32)c1. The van der Waals surface area contributed by atoms with Crippen LogP contribution >= 0.6 is 0 Å². The molecule has 2 amide bonds. The van der Waals surface area contributed by atoms with Crippen LogP contribution in [0.5, 0.6) is 0 Å². The summed E-state index contributed by atoms with van der Waals surface area (Å²) in [5.74, 6) is -0.425. The van der Waals surface area contributed by atoms with E-state index in [1.807, 2.05) is 18.2 Å². The smallest absolute Gasteiger partial charge is 0.337 e. The Bertz CT molecular complexity index is 852. The third-order valence-corrected chi connectivity index (χ3v) is 5.03. The topological polar surface area (TPSA) is 61.9 Å². The summed E-state index contributed by atoms with van der Waals surface area (Å²) in [6, 6.07) is 15.0. The fourth-order valence-electron chi connectivity index (χ4n) is 3.81. The van der Waals surface area contributed by atoms with Gasteiger partial charge in [-0.05, 0) is 43.2 Å². The zero-order chi connectivity index (χ0) is 18.1. The first-order valence-electron chi connectivity index (χ1n) is 8.80. The summed E-state index contributed by atoms with van der Waals surface area (Å²) in [7, 11) is 1.34. The van der Waals surface area contributed by atoms with Crippen LogP contribution in [0.1, 0.15) is 23.2 Å². The Kier molecular flexibility index (Phi) is 4.24. The third-order valence-electron chi connectivity index (χ3n) is 5.03. The number of carbonyl (C=O) groups excluding carboxylic acids is 2. The van der Waals surface area contributed by atoms with Gasteiger partial charge in [0.25, 0.3) is 0 Å². The van der Waals surface area contributed by atoms with Crippen molar-refractivity contribution in [3.05, 3.63) is 54.1 Å². The van der Waals surface area contributed by atoms with Crippen LogP contribution in [0.3, 0.4) is 0 Å². The molecule has 1 fully saturated rings. The van der Waals surface area contributed by atoms with Crippen molar-refractivity contribution in [2.45, 2.75) is 18.9 Å². The Balaban J connectivity index is 1.59. The molecule has 0 radical (unpaired) electrons. The van der Waals surface area contributed by atoms with Gasteiger partial charge in [0.1, 0.15) is 0 Å². The monoisotopic (exact) mass is 351 g/mol. The minimum atomic E-state index is -0.425. The zero-order valence-electron chi connectivity index (χ0n) is 14.6. The number of esters is 1. The molecule has 26 heavy (non-hydrogen) atoms. The van der Waals surface area contributed by atoms with E-state index in [0.29, 0.717) is 23.8 Å². The molecule has 0 spiro atoms. The van der Waals surface area contributed by atoms with Crippen molar-refractivity contribution in [1.82, 2.24) is 0 Å². The van der Waals surface area contributed by atoms with E-state index in [9.17, 15) is 9.59 Å². The van der Waals surface area contributed by atoms with Crippen molar-refractivity contribution in [2.75, 3.05) is 35.3 Å². The van der Waals surface area contributed by atoms with Gasteiger partial charge in [0, 0.05) is 24.8 Å². The van der Waals surface area contributed by atoms with Crippen LogP contribution in [0, 0.1) is 0 Å². The highest BCUT2D eigenvalue weighted by atomic mass is 16.5. The predicted molar refractivity (Wildman–Crippen MR) is 101 cm³/mol. The first-order valence-corrected chi connectivity index (χ1v) is 8.80. The van der Waals surface area contributed by atoms with Crippen LogP contribution in [0.4, 0.5) is 21.9 Å². The summed E-state index contributed by atoms with van der Waals surface area (Å²) in [6.07, 6.45) is 2.24. The summed E-state index contributed by atoms with van der Waals surface area (Å²) in [6.45, 7) is 1.71. The molecular weight excluding hydrogens is 330 g/mol. The number of anilines is 3. The fourth-order valence-corrected chi connectivity index (χ4v) is 3.81. The lowest BCUT2D eigenvalue weighted by Gasteiger charge is -2.40. The van der Waals surface area contributed by atoms with Crippen molar-refractivity contribution in [3.63, 3.8) is 0 Å². The Morgan fingerprint density at radius 1 is 1.12 bits per heavy atom. The maximum atomic E-state index is 12.9. The summed E-state index contributed by atoms with van der Waals surface area (Å²) < 4.78 is 4.74. The number of hydrogen-bond acceptors (Lipinski definition) is 4. The average Bonchev–Trinajstić information content (AvgIpc) is 3.16. The standard InChI is InChI=1S/C20H21N3O3/c1-26-19(24)14-6-4-7-15(12-14)21-20(25)23-13-16-8-5-11-22(16)17-9-2-3-10-18(17)23/h2-4,6-7,9-10,12,16H,5,8,11,13H2,1H3,(H,21,25)/t16-/m1/s1. The van der Waals surface area contributed by atoms with Crippen molar-refractivity contribution in [1.29, 1.82) is 0 Å². The molecule has 2 aliphatic rings. The average molecular weight is 351 g/mol. The number of carbonyl (C=O) groups is 2. The molecule has 2 aliphatic heterocycles. The number of ether oxygens (including phenoxy) is 1. The number of amides is 2. The van der Waals surface area contributed by atoms with Crippen LogP contribution < -0.4 is 15.1 Å². The van der Waals surface area contributed by atoms with E-state index in [0.717, 1.165) is 30.8 Å². The van der Waals surface area contributed by atoms with Crippen LogP contribution in [-0.4, -0.2) is 38.2 Å². The van der Waals surface area contributed by atoms with E-state index in [-0.39, 0.29) is 6.03 Å². The zero-order valence-corrected chi connectivity index (χ0v) is 14.6. The lowest BCUT2D eigenvalue weighted by Crippen LogP contribution is -2.49. The molecular formula is C20H21N3O3. The molecule has 2 aromatic rings. The van der Waals surface area contributed by atoms with E-state index in [1.54, 1.807) is 29.2 Å². The minimum Gasteiger partial charge on any atom is -0.465 e. The number of rotatable bonds is 2. The second-order valence-electron chi connectivity index (χ2n) is 6.59. The van der Waals surface area contributed by atoms with Gasteiger partial charge in [0.05, 0.1) is 24.0 Å². The number of benzene rings is 2. The Morgan fingerprint density at radius 3 is 2.73 bits per heavy atom. The molecule has 2 aromatic carbocycles. The molecule has 1 N–H and O–H groups in total. The highest BCUT2D eigenvalue weighted by Crippen LogP contribution is 2.39. The van der Waals surface area contributed by atoms with Crippen molar-refractivity contribution < 1.29 is 14.3 Å². The molecule has 0 bridgehead atoms. The van der Waals surface area contributed by atoms with E-state index >= 15 is 0 Å². The van der Waals surface area contributed by atoms with Gasteiger partial charge in [-0.15, -0.1) is 0 Å². The normalized spacial score (nSPS) is 18.1. The van der Waals surface area contributed by atoms with E-state index in [1.165, 1.54) is 7.11 Å². The number of para-hydroxylation sites is 2. The van der Waals surface area contributed by atoms with Gasteiger partial charge in [-0.3, -0.25) is 4.90 Å². The van der Waals surface area contributed by atoms with Crippen LogP contribution in [0.15, 0.2) is 48.5 Å². The van der Waals surface area contributed by atoms with Crippen LogP contribution in [0.25, 0.3) is 0 Å². The third kappa shape index (κ3) is 2.87. The second-order valence-corrected chi connectivity index (χ2v) is 6.59. The molecule has 2 heterocycles. The summed E-state index contributed by atoms with van der Waals surface area (Å²) >= 11 is 0. The largest absolute Gasteiger partial charge is 0.465 e. The Labute approximate surface area is 152 Å². The number of nitrogens with one attached hydrogen (secondary N) is 1. The quantitative estimate of drug-likeness (QED) is 0.842. The van der Waals surface area contributed by atoms with Gasteiger partial charge in [-0.25, -0.2) is 9.59 Å². The van der Waals surface area contributed by atoms with Crippen molar-refractivity contribution >= 4 is 29.1 Å². The van der Waals surface area contributed by atoms with Gasteiger partial charge in [-0.1, -0.05) is 18.2 Å². The summed E-state index contributed by atoms with van der Waals surface area (Å²) in [4.78, 5) is 28.8. The molecule has 6 nitrogen and oxygen atoms in total. The first kappa shape index (κ1) is 16.4. The van der Waals surface area contributed by atoms with Gasteiger partial charge < -0.3 is 15.0 Å². The maximum absolute atomic E-state index is 12.9. The highest BCUT2D eigenvalue weighted by molar-refractivity contribution is 6.05. The number of nitrogens with zero attached hydrogens (tertiary/aromatic N) is 2. The summed E-state index contributed by atoms with van der Waals surface area (Å²) in [5.41, 5.74) is 3.02. The summed E-state index contributed by atoms with van der Waals surface area (Å²) in [5, 5.41) is 2.91. The van der Waals surface area contributed by atoms with Gasteiger partial charge in [0.15, 0.2) is 0 Å². The van der Waals surface area contributed by atoms with Gasteiger partial charge >= 0.3 is 12.0 Å². The molecule has 1 atom stereocenters. The van der Waals surface area contributed by atoms with E-state index in [4.69, 9.17) is 4.74 Å².